The van der Waals surface area contributed by atoms with Crippen molar-refractivity contribution in [2.45, 2.75) is 19.6 Å². The number of furan rings is 1. The van der Waals surface area contributed by atoms with E-state index in [9.17, 15) is 4.79 Å². The molecular formula is C21H19Cl2NO5. The van der Waals surface area contributed by atoms with Crippen molar-refractivity contribution >= 4 is 34.8 Å². The molecule has 1 heterocycles. The highest BCUT2D eigenvalue weighted by molar-refractivity contribution is 6.35. The number of rotatable bonds is 7. The monoisotopic (exact) mass is 435 g/mol. The molecule has 0 saturated carbocycles. The summed E-state index contributed by atoms with van der Waals surface area (Å²) < 4.78 is 16.5. The first kappa shape index (κ1) is 21.0. The van der Waals surface area contributed by atoms with Gasteiger partial charge in [-0.2, -0.15) is 0 Å². The quantitative estimate of drug-likeness (QED) is 0.535. The summed E-state index contributed by atoms with van der Waals surface area (Å²) in [5.74, 6) is 1.45. The van der Waals surface area contributed by atoms with E-state index in [0.717, 1.165) is 5.56 Å². The zero-order chi connectivity index (χ0) is 21.0. The van der Waals surface area contributed by atoms with Gasteiger partial charge in [0.1, 0.15) is 29.6 Å². The maximum Gasteiger partial charge on any atom is 0.265 e. The van der Waals surface area contributed by atoms with Gasteiger partial charge in [0, 0.05) is 10.6 Å². The standard InChI is InChI=1S/C21H19Cl2NO5/c1-12(28-19-7-4-14(22)10-16(19)23)21(26)24-17-9-13(3-6-20(17)27-2)18-8-5-15(11-25)29-18/h3-10,12,25H,11H2,1-2H3,(H,24,26)/t12-/m1/s1. The number of nitrogens with one attached hydrogen (secondary N) is 1. The number of aliphatic hydroxyl groups excluding tert-OH is 1. The Morgan fingerprint density at radius 2 is 1.90 bits per heavy atom. The molecule has 0 bridgehead atoms. The highest BCUT2D eigenvalue weighted by Crippen LogP contribution is 2.32. The Morgan fingerprint density at radius 3 is 2.55 bits per heavy atom. The van der Waals surface area contributed by atoms with Crippen LogP contribution in [-0.2, 0) is 11.4 Å². The topological polar surface area (TPSA) is 80.9 Å². The van der Waals surface area contributed by atoms with Crippen LogP contribution >= 0.6 is 23.2 Å². The molecule has 0 unspecified atom stereocenters. The molecule has 1 atom stereocenters. The van der Waals surface area contributed by atoms with E-state index < -0.39 is 6.10 Å². The molecule has 0 radical (unpaired) electrons. The molecule has 1 aromatic heterocycles. The molecule has 152 valence electrons. The van der Waals surface area contributed by atoms with Crippen LogP contribution in [0.1, 0.15) is 12.7 Å². The molecular weight excluding hydrogens is 417 g/mol. The Labute approximate surface area is 178 Å². The number of halogens is 2. The summed E-state index contributed by atoms with van der Waals surface area (Å²) in [5, 5.41) is 12.8. The molecule has 1 amide bonds. The Bertz CT molecular complexity index is 1020. The van der Waals surface area contributed by atoms with Crippen LogP contribution in [0.5, 0.6) is 11.5 Å². The molecule has 0 aliphatic heterocycles. The van der Waals surface area contributed by atoms with Crippen LogP contribution < -0.4 is 14.8 Å². The lowest BCUT2D eigenvalue weighted by atomic mass is 10.1. The Morgan fingerprint density at radius 1 is 1.14 bits per heavy atom. The SMILES string of the molecule is COc1ccc(-c2ccc(CO)o2)cc1NC(=O)[C@@H](C)Oc1ccc(Cl)cc1Cl. The molecule has 29 heavy (non-hydrogen) atoms. The van der Waals surface area contributed by atoms with Gasteiger partial charge in [-0.25, -0.2) is 0 Å². The number of anilines is 1. The van der Waals surface area contributed by atoms with Crippen LogP contribution in [-0.4, -0.2) is 24.2 Å². The van der Waals surface area contributed by atoms with E-state index in [4.69, 9.17) is 42.2 Å². The van der Waals surface area contributed by atoms with Gasteiger partial charge in [0.2, 0.25) is 0 Å². The van der Waals surface area contributed by atoms with Crippen LogP contribution in [0.3, 0.4) is 0 Å². The predicted molar refractivity (Wildman–Crippen MR) is 112 cm³/mol. The normalized spacial score (nSPS) is 11.8. The minimum Gasteiger partial charge on any atom is -0.495 e. The fourth-order valence-electron chi connectivity index (χ4n) is 2.63. The molecule has 8 heteroatoms. The lowest BCUT2D eigenvalue weighted by Crippen LogP contribution is -2.30. The van der Waals surface area contributed by atoms with Gasteiger partial charge < -0.3 is 24.3 Å². The van der Waals surface area contributed by atoms with Crippen molar-refractivity contribution < 1.29 is 23.8 Å². The van der Waals surface area contributed by atoms with Crippen LogP contribution in [0, 0.1) is 0 Å². The number of ether oxygens (including phenoxy) is 2. The highest BCUT2D eigenvalue weighted by Gasteiger charge is 2.19. The molecule has 2 N–H and O–H groups in total. The third-order valence-electron chi connectivity index (χ3n) is 4.13. The summed E-state index contributed by atoms with van der Waals surface area (Å²) in [6.45, 7) is 1.42. The lowest BCUT2D eigenvalue weighted by molar-refractivity contribution is -0.122. The van der Waals surface area contributed by atoms with Crippen molar-refractivity contribution in [1.29, 1.82) is 0 Å². The Hall–Kier alpha value is -2.67. The summed E-state index contributed by atoms with van der Waals surface area (Å²) >= 11 is 12.0. The molecule has 0 aliphatic carbocycles. The second-order valence-electron chi connectivity index (χ2n) is 6.16. The maximum atomic E-state index is 12.6. The second-order valence-corrected chi connectivity index (χ2v) is 7.01. The van der Waals surface area contributed by atoms with Gasteiger partial charge in [0.05, 0.1) is 17.8 Å². The van der Waals surface area contributed by atoms with E-state index in [1.807, 2.05) is 0 Å². The Balaban J connectivity index is 1.78. The van der Waals surface area contributed by atoms with E-state index in [-0.39, 0.29) is 12.5 Å². The molecule has 3 rings (SSSR count). The Kier molecular flexibility index (Phi) is 6.69. The largest absolute Gasteiger partial charge is 0.495 e. The zero-order valence-corrected chi connectivity index (χ0v) is 17.3. The number of methoxy groups -OCH3 is 1. The van der Waals surface area contributed by atoms with Crippen LogP contribution in [0.15, 0.2) is 52.9 Å². The number of carbonyl (C=O) groups is 1. The number of hydrogen-bond donors (Lipinski definition) is 2. The van der Waals surface area contributed by atoms with Crippen molar-refractivity contribution in [3.05, 3.63) is 64.3 Å². The average molecular weight is 436 g/mol. The fourth-order valence-corrected chi connectivity index (χ4v) is 3.08. The smallest absolute Gasteiger partial charge is 0.265 e. The highest BCUT2D eigenvalue weighted by atomic mass is 35.5. The number of hydrogen-bond acceptors (Lipinski definition) is 5. The fraction of sp³-hybridized carbons (Fsp3) is 0.190. The van der Waals surface area contributed by atoms with Gasteiger partial charge in [-0.05, 0) is 55.5 Å². The first-order valence-electron chi connectivity index (χ1n) is 8.72. The van der Waals surface area contributed by atoms with Crippen molar-refractivity contribution in [3.8, 4) is 22.8 Å². The summed E-state index contributed by atoms with van der Waals surface area (Å²) in [6.07, 6.45) is -0.827. The first-order valence-corrected chi connectivity index (χ1v) is 9.47. The van der Waals surface area contributed by atoms with Crippen molar-refractivity contribution in [3.63, 3.8) is 0 Å². The second kappa shape index (κ2) is 9.22. The molecule has 0 fully saturated rings. The van der Waals surface area contributed by atoms with E-state index in [1.54, 1.807) is 55.5 Å². The third kappa shape index (κ3) is 5.03. The summed E-state index contributed by atoms with van der Waals surface area (Å²) in [6, 6.07) is 13.4. The minimum atomic E-state index is -0.827. The van der Waals surface area contributed by atoms with Gasteiger partial charge in [0.15, 0.2) is 6.10 Å². The van der Waals surface area contributed by atoms with Crippen molar-refractivity contribution in [2.75, 3.05) is 12.4 Å². The van der Waals surface area contributed by atoms with E-state index in [1.165, 1.54) is 7.11 Å². The maximum absolute atomic E-state index is 12.6. The lowest BCUT2D eigenvalue weighted by Gasteiger charge is -2.17. The zero-order valence-electron chi connectivity index (χ0n) is 15.7. The summed E-state index contributed by atoms with van der Waals surface area (Å²) in [5.41, 5.74) is 1.17. The molecule has 0 saturated heterocycles. The predicted octanol–water partition coefficient (Wildman–Crippen LogP) is 5.16. The molecule has 2 aromatic carbocycles. The van der Waals surface area contributed by atoms with Gasteiger partial charge in [-0.15, -0.1) is 0 Å². The van der Waals surface area contributed by atoms with E-state index >= 15 is 0 Å². The third-order valence-corrected chi connectivity index (χ3v) is 4.66. The number of amides is 1. The number of carbonyl (C=O) groups excluding carboxylic acids is 1. The molecule has 6 nitrogen and oxygen atoms in total. The number of benzene rings is 2. The first-order chi connectivity index (χ1) is 13.9. The van der Waals surface area contributed by atoms with Crippen LogP contribution in [0.25, 0.3) is 11.3 Å². The summed E-state index contributed by atoms with van der Waals surface area (Å²) in [4.78, 5) is 12.6. The number of aliphatic hydroxyl groups is 1. The van der Waals surface area contributed by atoms with Crippen LogP contribution in [0.4, 0.5) is 5.69 Å². The van der Waals surface area contributed by atoms with Crippen LogP contribution in [0.2, 0.25) is 10.0 Å². The van der Waals surface area contributed by atoms with E-state index in [0.29, 0.717) is 38.8 Å². The van der Waals surface area contributed by atoms with Crippen molar-refractivity contribution in [1.82, 2.24) is 0 Å². The van der Waals surface area contributed by atoms with Gasteiger partial charge in [-0.1, -0.05) is 23.2 Å². The molecule has 0 spiro atoms. The average Bonchev–Trinajstić information content (AvgIpc) is 3.19. The molecule has 3 aromatic rings. The van der Waals surface area contributed by atoms with Gasteiger partial charge in [-0.3, -0.25) is 4.79 Å². The summed E-state index contributed by atoms with van der Waals surface area (Å²) in [7, 11) is 1.51. The van der Waals surface area contributed by atoms with Gasteiger partial charge >= 0.3 is 0 Å². The minimum absolute atomic E-state index is 0.193. The van der Waals surface area contributed by atoms with E-state index in [2.05, 4.69) is 5.32 Å². The van der Waals surface area contributed by atoms with Crippen molar-refractivity contribution in [2.24, 2.45) is 0 Å². The van der Waals surface area contributed by atoms with Gasteiger partial charge in [0.25, 0.3) is 5.91 Å². The molecule has 0 aliphatic rings.